The summed E-state index contributed by atoms with van der Waals surface area (Å²) in [5.41, 5.74) is 0. The highest BCUT2D eigenvalue weighted by molar-refractivity contribution is 4.82. The fraction of sp³-hybridized carbons (Fsp3) is 1.00. The van der Waals surface area contributed by atoms with Gasteiger partial charge < -0.3 is 10.1 Å². The Labute approximate surface area is 114 Å². The van der Waals surface area contributed by atoms with E-state index in [1.54, 1.807) is 0 Å². The number of hydrogen-bond donors (Lipinski definition) is 1. The Bertz CT molecular complexity index is 197. The Balaban J connectivity index is 2.34. The molecule has 1 atom stereocenters. The first-order valence-electron chi connectivity index (χ1n) is 8.00. The molecule has 0 radical (unpaired) electrons. The zero-order chi connectivity index (χ0) is 13.4. The molecule has 0 amide bonds. The molecule has 0 heterocycles. The van der Waals surface area contributed by atoms with Gasteiger partial charge in [-0.3, -0.25) is 0 Å². The third-order valence-electron chi connectivity index (χ3n) is 4.44. The van der Waals surface area contributed by atoms with Crippen molar-refractivity contribution >= 4 is 0 Å². The van der Waals surface area contributed by atoms with E-state index in [2.05, 4.69) is 33.0 Å². The molecule has 1 rings (SSSR count). The van der Waals surface area contributed by atoms with Crippen molar-refractivity contribution in [3.05, 3.63) is 0 Å². The van der Waals surface area contributed by atoms with Crippen molar-refractivity contribution < 1.29 is 4.74 Å². The van der Waals surface area contributed by atoms with E-state index in [1.807, 2.05) is 0 Å². The van der Waals surface area contributed by atoms with E-state index in [9.17, 15) is 0 Å². The molecule has 2 nitrogen and oxygen atoms in total. The first-order chi connectivity index (χ1) is 8.69. The summed E-state index contributed by atoms with van der Waals surface area (Å²) < 4.78 is 5.76. The molecule has 2 heteroatoms. The van der Waals surface area contributed by atoms with Crippen LogP contribution in [0, 0.1) is 17.8 Å². The Hall–Kier alpha value is -0.0800. The molecule has 0 bridgehead atoms. The van der Waals surface area contributed by atoms with Crippen LogP contribution in [0.25, 0.3) is 0 Å². The van der Waals surface area contributed by atoms with Crippen molar-refractivity contribution in [1.82, 2.24) is 5.32 Å². The average Bonchev–Trinajstić information content (AvgIpc) is 2.38. The zero-order valence-electron chi connectivity index (χ0n) is 12.9. The topological polar surface area (TPSA) is 21.3 Å². The van der Waals surface area contributed by atoms with Gasteiger partial charge in [-0.15, -0.1) is 0 Å². The predicted octanol–water partition coefficient (Wildman–Crippen LogP) is 3.85. The molecule has 1 unspecified atom stereocenters. The molecule has 18 heavy (non-hydrogen) atoms. The van der Waals surface area contributed by atoms with Gasteiger partial charge in [0.2, 0.25) is 0 Å². The van der Waals surface area contributed by atoms with Gasteiger partial charge in [0.1, 0.15) is 0 Å². The van der Waals surface area contributed by atoms with Crippen LogP contribution in [0.1, 0.15) is 59.8 Å². The van der Waals surface area contributed by atoms with Crippen molar-refractivity contribution in [2.75, 3.05) is 19.8 Å². The molecule has 108 valence electrons. The third kappa shape index (κ3) is 5.27. The molecule has 1 fully saturated rings. The summed E-state index contributed by atoms with van der Waals surface area (Å²) in [4.78, 5) is 0. The fourth-order valence-electron chi connectivity index (χ4n) is 3.19. The van der Waals surface area contributed by atoms with Gasteiger partial charge >= 0.3 is 0 Å². The maximum atomic E-state index is 5.76. The van der Waals surface area contributed by atoms with Gasteiger partial charge in [0.25, 0.3) is 0 Å². The van der Waals surface area contributed by atoms with Crippen molar-refractivity contribution in [2.45, 2.75) is 65.8 Å². The molecule has 0 aromatic carbocycles. The number of likely N-dealkylation sites (N-methyl/N-ethyl adjacent to an activating group) is 1. The molecule has 0 spiro atoms. The molecule has 1 N–H and O–H groups in total. The van der Waals surface area contributed by atoms with E-state index in [4.69, 9.17) is 4.74 Å². The number of nitrogens with one attached hydrogen (secondary N) is 1. The van der Waals surface area contributed by atoms with Gasteiger partial charge in [0.15, 0.2) is 0 Å². The van der Waals surface area contributed by atoms with Crippen molar-refractivity contribution in [3.63, 3.8) is 0 Å². The number of hydrogen-bond acceptors (Lipinski definition) is 2. The van der Waals surface area contributed by atoms with Gasteiger partial charge in [-0.05, 0) is 56.4 Å². The lowest BCUT2D eigenvalue weighted by Crippen LogP contribution is -2.42. The van der Waals surface area contributed by atoms with E-state index >= 15 is 0 Å². The van der Waals surface area contributed by atoms with Gasteiger partial charge in [0, 0.05) is 12.6 Å². The summed E-state index contributed by atoms with van der Waals surface area (Å²) >= 11 is 0. The maximum absolute atomic E-state index is 5.76. The van der Waals surface area contributed by atoms with Crippen LogP contribution in [0.3, 0.4) is 0 Å². The molecule has 1 saturated carbocycles. The SMILES string of the molecule is CCCOCC(NCC)C1CCC(C(C)C)CC1. The molecule has 1 aliphatic rings. The summed E-state index contributed by atoms with van der Waals surface area (Å²) in [6.07, 6.45) is 6.72. The minimum atomic E-state index is 0.578. The molecule has 0 saturated heterocycles. The normalized spacial score (nSPS) is 26.5. The second-order valence-electron chi connectivity index (χ2n) is 6.16. The Morgan fingerprint density at radius 3 is 2.17 bits per heavy atom. The highest BCUT2D eigenvalue weighted by Crippen LogP contribution is 2.34. The summed E-state index contributed by atoms with van der Waals surface area (Å²) in [6.45, 7) is 12.0. The van der Waals surface area contributed by atoms with Crippen LogP contribution in [0.15, 0.2) is 0 Å². The maximum Gasteiger partial charge on any atom is 0.0622 e. The van der Waals surface area contributed by atoms with Crippen LogP contribution in [0.4, 0.5) is 0 Å². The van der Waals surface area contributed by atoms with Crippen LogP contribution in [0.2, 0.25) is 0 Å². The standard InChI is InChI=1S/C16H33NO/c1-5-11-18-12-16(17-6-2)15-9-7-14(8-10-15)13(3)4/h13-17H,5-12H2,1-4H3. The molecule has 0 aromatic rings. The summed E-state index contributed by atoms with van der Waals surface area (Å²) in [6, 6.07) is 0.578. The van der Waals surface area contributed by atoms with Crippen LogP contribution < -0.4 is 5.32 Å². The lowest BCUT2D eigenvalue weighted by molar-refractivity contribution is 0.0772. The smallest absolute Gasteiger partial charge is 0.0622 e. The van der Waals surface area contributed by atoms with Crippen molar-refractivity contribution in [1.29, 1.82) is 0 Å². The molecule has 0 aromatic heterocycles. The van der Waals surface area contributed by atoms with Crippen molar-refractivity contribution in [3.8, 4) is 0 Å². The van der Waals surface area contributed by atoms with Crippen LogP contribution in [-0.2, 0) is 4.74 Å². The minimum Gasteiger partial charge on any atom is -0.380 e. The minimum absolute atomic E-state index is 0.578. The van der Waals surface area contributed by atoms with Gasteiger partial charge in [0.05, 0.1) is 6.61 Å². The summed E-state index contributed by atoms with van der Waals surface area (Å²) in [7, 11) is 0. The van der Waals surface area contributed by atoms with E-state index < -0.39 is 0 Å². The molecular formula is C16H33NO. The largest absolute Gasteiger partial charge is 0.380 e. The first-order valence-corrected chi connectivity index (χ1v) is 8.00. The first kappa shape index (κ1) is 16.0. The summed E-state index contributed by atoms with van der Waals surface area (Å²) in [5.74, 6) is 2.65. The lowest BCUT2D eigenvalue weighted by atomic mass is 9.74. The Kier molecular flexibility index (Phi) is 7.92. The third-order valence-corrected chi connectivity index (χ3v) is 4.44. The van der Waals surface area contributed by atoms with Crippen LogP contribution in [0.5, 0.6) is 0 Å². The van der Waals surface area contributed by atoms with E-state index in [-0.39, 0.29) is 0 Å². The molecular weight excluding hydrogens is 222 g/mol. The predicted molar refractivity (Wildman–Crippen MR) is 78.9 cm³/mol. The highest BCUT2D eigenvalue weighted by Gasteiger charge is 2.28. The van der Waals surface area contributed by atoms with Gasteiger partial charge in [-0.2, -0.15) is 0 Å². The Morgan fingerprint density at radius 2 is 1.67 bits per heavy atom. The van der Waals surface area contributed by atoms with E-state index in [0.29, 0.717) is 6.04 Å². The second-order valence-corrected chi connectivity index (χ2v) is 6.16. The lowest BCUT2D eigenvalue weighted by Gasteiger charge is -2.35. The number of rotatable bonds is 8. The average molecular weight is 255 g/mol. The molecule has 1 aliphatic carbocycles. The van der Waals surface area contributed by atoms with Crippen LogP contribution >= 0.6 is 0 Å². The second kappa shape index (κ2) is 8.92. The van der Waals surface area contributed by atoms with Crippen molar-refractivity contribution in [2.24, 2.45) is 17.8 Å². The quantitative estimate of drug-likeness (QED) is 0.665. The van der Waals surface area contributed by atoms with Gasteiger partial charge in [-0.25, -0.2) is 0 Å². The zero-order valence-corrected chi connectivity index (χ0v) is 12.9. The number of ether oxygens (including phenoxy) is 1. The van der Waals surface area contributed by atoms with E-state index in [1.165, 1.54) is 25.7 Å². The van der Waals surface area contributed by atoms with Crippen LogP contribution in [-0.4, -0.2) is 25.8 Å². The fourth-order valence-corrected chi connectivity index (χ4v) is 3.19. The monoisotopic (exact) mass is 255 g/mol. The highest BCUT2D eigenvalue weighted by atomic mass is 16.5. The van der Waals surface area contributed by atoms with E-state index in [0.717, 1.165) is 43.9 Å². The Morgan fingerprint density at radius 1 is 1.06 bits per heavy atom. The summed E-state index contributed by atoms with van der Waals surface area (Å²) in [5, 5.41) is 3.63. The molecule has 0 aliphatic heterocycles. The van der Waals surface area contributed by atoms with Gasteiger partial charge in [-0.1, -0.05) is 27.7 Å².